The predicted octanol–water partition coefficient (Wildman–Crippen LogP) is -12.3. The zero-order chi connectivity index (χ0) is 59.6. The van der Waals surface area contributed by atoms with Gasteiger partial charge in [-0.15, -0.1) is 0 Å². The summed E-state index contributed by atoms with van der Waals surface area (Å²) in [6, 6.07) is 0. The maximum atomic E-state index is 11.7. The number of thioether (sulfide) groups is 1. The van der Waals surface area contributed by atoms with Crippen molar-refractivity contribution in [3.05, 3.63) is 0 Å². The lowest BCUT2D eigenvalue weighted by atomic mass is 9.95. The van der Waals surface area contributed by atoms with E-state index in [-0.39, 0.29) is 5.75 Å². The van der Waals surface area contributed by atoms with Gasteiger partial charge in [-0.05, 0) is 12.2 Å². The summed E-state index contributed by atoms with van der Waals surface area (Å²) >= 11 is 1.32. The molecule has 0 unspecified atom stereocenters. The summed E-state index contributed by atoms with van der Waals surface area (Å²) in [5.74, 6) is 0.536. The van der Waals surface area contributed by atoms with Gasteiger partial charge >= 0.3 is 0 Å². The highest BCUT2D eigenvalue weighted by Crippen LogP contribution is 2.39. The molecule has 35 atom stereocenters. The van der Waals surface area contributed by atoms with Gasteiger partial charge in [-0.3, -0.25) is 0 Å². The molecule has 21 aliphatic heterocycles. The molecule has 34 nitrogen and oxygen atoms in total. The SMILES string of the molecule is CCCCCSC[C@H]1O[C@@H]2O[C@H]3[C@H](O)[C@@H](O)[C@@H](O[C@H]4[C@H](O)[C@@H](O)[C@@H](O[C@H]5[C@H](O)[C@@H](O)[C@@H](O[C@H]6[C@H](O)[C@@H](O)[C@@H](O[C@H]7[C@H](O)[C@@H](O)[C@@H](O[C@H]8[C@H](O)[C@@H](O)[C@@H](O[C@H]1[C@H](O)[C@H]2O)O[C@@H]8CO)O[C@@H]7CO)O[C@@H]6CO)O[C@@H]5CO)O[C@@H]4CO)O[C@@H]3CO. The Bertz CT molecular complexity index is 1910. The zero-order valence-electron chi connectivity index (χ0n) is 44.1. The number of aliphatic hydroxyl groups is 20. The minimum atomic E-state index is -2.20. The average molecular weight is 1220 g/mol. The number of hydrogen-bond acceptors (Lipinski definition) is 35. The van der Waals surface area contributed by atoms with Crippen LogP contribution in [-0.2, 0) is 66.3 Å². The first-order chi connectivity index (χ1) is 39.2. The van der Waals surface area contributed by atoms with Gasteiger partial charge in [0.25, 0.3) is 0 Å². The van der Waals surface area contributed by atoms with Crippen LogP contribution in [0.4, 0.5) is 0 Å². The summed E-state index contributed by atoms with van der Waals surface area (Å²) in [5.41, 5.74) is 0. The molecule has 0 aromatic rings. The molecular weight excluding hydrogens is 1140 g/mol. The quantitative estimate of drug-likeness (QED) is 0.0807. The summed E-state index contributed by atoms with van der Waals surface area (Å²) in [7, 11) is 0. The lowest BCUT2D eigenvalue weighted by Crippen LogP contribution is -2.68. The summed E-state index contributed by atoms with van der Waals surface area (Å²) in [4.78, 5) is 0. The number of ether oxygens (including phenoxy) is 14. The largest absolute Gasteiger partial charge is 0.394 e. The average Bonchev–Trinajstić information content (AvgIpc) is 2.82. The molecule has 21 fully saturated rings. The van der Waals surface area contributed by atoms with Crippen LogP contribution in [0.3, 0.4) is 0 Å². The monoisotopic (exact) mass is 1220 g/mol. The molecule has 14 bridgehead atoms. The molecule has 35 heteroatoms. The number of unbranched alkanes of at least 4 members (excludes halogenated alkanes) is 2. The minimum Gasteiger partial charge on any atom is -0.394 e. The Morgan fingerprint density at radius 2 is 0.427 bits per heavy atom. The highest BCUT2D eigenvalue weighted by atomic mass is 32.2. The second-order valence-corrected chi connectivity index (χ2v) is 22.4. The fraction of sp³-hybridized carbons (Fsp3) is 1.00. The smallest absolute Gasteiger partial charge is 0.187 e. The van der Waals surface area contributed by atoms with E-state index in [1.54, 1.807) is 0 Å². The van der Waals surface area contributed by atoms with Crippen LogP contribution >= 0.6 is 11.8 Å². The van der Waals surface area contributed by atoms with Crippen molar-refractivity contribution in [2.24, 2.45) is 0 Å². The van der Waals surface area contributed by atoms with E-state index in [0.717, 1.165) is 19.3 Å². The normalized spacial score (nSPS) is 52.7. The van der Waals surface area contributed by atoms with Crippen LogP contribution in [0.2, 0.25) is 0 Å². The highest BCUT2D eigenvalue weighted by Gasteiger charge is 2.59. The topological polar surface area (TPSA) is 534 Å². The van der Waals surface area contributed by atoms with Gasteiger partial charge in [-0.1, -0.05) is 19.8 Å². The Hall–Kier alpha value is -1.01. The van der Waals surface area contributed by atoms with Gasteiger partial charge in [-0.25, -0.2) is 0 Å². The molecule has 0 saturated carbocycles. The van der Waals surface area contributed by atoms with Gasteiger partial charge < -0.3 is 168 Å². The Labute approximate surface area is 471 Å². The molecule has 20 N–H and O–H groups in total. The Balaban J connectivity index is 1.09. The fourth-order valence-electron chi connectivity index (χ4n) is 11.1. The first-order valence-corrected chi connectivity index (χ1v) is 28.2. The van der Waals surface area contributed by atoms with Crippen molar-refractivity contribution in [1.82, 2.24) is 0 Å². The molecule has 0 spiro atoms. The van der Waals surface area contributed by atoms with Gasteiger partial charge in [0.2, 0.25) is 0 Å². The van der Waals surface area contributed by atoms with Gasteiger partial charge in [0.15, 0.2) is 44.0 Å². The first kappa shape index (κ1) is 66.9. The Morgan fingerprint density at radius 1 is 0.244 bits per heavy atom. The van der Waals surface area contributed by atoms with E-state index >= 15 is 0 Å². The van der Waals surface area contributed by atoms with Crippen LogP contribution in [0, 0.1) is 0 Å². The second kappa shape index (κ2) is 29.5. The zero-order valence-corrected chi connectivity index (χ0v) is 44.9. The van der Waals surface area contributed by atoms with Crippen LogP contribution in [0.5, 0.6) is 0 Å². The molecule has 0 aromatic carbocycles. The lowest BCUT2D eigenvalue weighted by molar-refractivity contribution is -0.396. The Kier molecular flexibility index (Phi) is 24.1. The third kappa shape index (κ3) is 13.9. The van der Waals surface area contributed by atoms with Crippen LogP contribution in [-0.4, -0.2) is 368 Å². The van der Waals surface area contributed by atoms with E-state index in [4.69, 9.17) is 66.3 Å². The molecule has 82 heavy (non-hydrogen) atoms. The van der Waals surface area contributed by atoms with E-state index in [1.165, 1.54) is 11.8 Å². The standard InChI is InChI=1S/C47H80O34S/c1-2-3-4-5-82-12-19-40-26(60)33(67)47(74-19)80-39-18(11-53)72-45(31(65)24(39)58)78-37-16(9-51)70-43(29(63)22(37)56)76-35-14(7-49)68-41(27(61)20(35)54)75-34-13(6-48)69-42(28(62)21(34)55)77-36-15(8-50)71-44(30(64)23(36)57)79-38-17(10-52)73-46(81-40)32(66)25(38)59/h13-67H,2-12H2,1H3/t13-,14-,15-,16-,17-,18-,19-,20-,21-,22-,23-,24-,25-,26-,27-,28-,29-,30-,31-,32-,33-,34-,35-,36-,37-,38-,39-,40-,41-,42-,43-,44-,45-,46-,47-/m1/s1. The number of hydrogen-bond donors (Lipinski definition) is 20. The molecule has 21 saturated heterocycles. The molecule has 0 aliphatic carbocycles. The predicted molar refractivity (Wildman–Crippen MR) is 258 cm³/mol. The summed E-state index contributed by atoms with van der Waals surface area (Å²) in [5, 5.41) is 223. The third-order valence-electron chi connectivity index (χ3n) is 15.8. The van der Waals surface area contributed by atoms with Crippen molar-refractivity contribution in [2.45, 2.75) is 241 Å². The van der Waals surface area contributed by atoms with Crippen LogP contribution in [0.25, 0.3) is 0 Å². The van der Waals surface area contributed by atoms with E-state index in [9.17, 15) is 102 Å². The van der Waals surface area contributed by atoms with Crippen LogP contribution in [0.15, 0.2) is 0 Å². The third-order valence-corrected chi connectivity index (χ3v) is 16.9. The molecule has 0 radical (unpaired) electrons. The molecular formula is C47H80O34S. The molecule has 21 heterocycles. The fourth-order valence-corrected chi connectivity index (χ4v) is 12.1. The van der Waals surface area contributed by atoms with E-state index < -0.39 is 255 Å². The second-order valence-electron chi connectivity index (χ2n) is 21.3. The summed E-state index contributed by atoms with van der Waals surface area (Å²) in [6.07, 6.45) is -65.8. The molecule has 21 aliphatic rings. The van der Waals surface area contributed by atoms with Gasteiger partial charge in [0.05, 0.1) is 45.7 Å². The molecule has 0 aromatic heterocycles. The lowest BCUT2D eigenvalue weighted by Gasteiger charge is -2.50. The molecule has 21 rings (SSSR count). The highest BCUT2D eigenvalue weighted by molar-refractivity contribution is 7.99. The van der Waals surface area contributed by atoms with Crippen molar-refractivity contribution in [2.75, 3.05) is 51.1 Å². The molecule has 478 valence electrons. The number of aliphatic hydroxyl groups excluding tert-OH is 20. The summed E-state index contributed by atoms with van der Waals surface area (Å²) < 4.78 is 81.3. The molecule has 0 amide bonds. The first-order valence-electron chi connectivity index (χ1n) is 27.1. The van der Waals surface area contributed by atoms with E-state index in [0.29, 0.717) is 5.75 Å². The van der Waals surface area contributed by atoms with Crippen LogP contribution < -0.4 is 0 Å². The van der Waals surface area contributed by atoms with Crippen molar-refractivity contribution in [3.8, 4) is 0 Å². The van der Waals surface area contributed by atoms with E-state index in [2.05, 4.69) is 0 Å². The minimum absolute atomic E-state index is 0.0153. The van der Waals surface area contributed by atoms with Gasteiger partial charge in [0.1, 0.15) is 165 Å². The van der Waals surface area contributed by atoms with Crippen LogP contribution in [0.1, 0.15) is 26.2 Å². The van der Waals surface area contributed by atoms with Gasteiger partial charge in [-0.2, -0.15) is 11.8 Å². The van der Waals surface area contributed by atoms with Crippen molar-refractivity contribution in [1.29, 1.82) is 0 Å². The number of rotatable bonds is 12. The maximum Gasteiger partial charge on any atom is 0.187 e. The van der Waals surface area contributed by atoms with Crippen molar-refractivity contribution in [3.63, 3.8) is 0 Å². The van der Waals surface area contributed by atoms with Crippen molar-refractivity contribution >= 4 is 11.8 Å². The maximum absolute atomic E-state index is 11.7. The van der Waals surface area contributed by atoms with Crippen molar-refractivity contribution < 1.29 is 168 Å². The van der Waals surface area contributed by atoms with E-state index in [1.807, 2.05) is 6.92 Å². The van der Waals surface area contributed by atoms with Gasteiger partial charge in [0, 0.05) is 5.75 Å². The summed E-state index contributed by atoms with van der Waals surface area (Å²) in [6.45, 7) is -4.14. The Morgan fingerprint density at radius 3 is 0.610 bits per heavy atom.